The van der Waals surface area contributed by atoms with E-state index in [2.05, 4.69) is 36.7 Å². The second-order valence-electron chi connectivity index (χ2n) is 3.23. The predicted octanol–water partition coefficient (Wildman–Crippen LogP) is 0.893. The molecule has 0 fully saturated rings. The summed E-state index contributed by atoms with van der Waals surface area (Å²) in [7, 11) is 4.19. The van der Waals surface area contributed by atoms with E-state index in [4.69, 9.17) is 6.42 Å². The molecular weight excluding hydrogens is 148 g/mol. The molecule has 0 radical (unpaired) electrons. The number of terminal acetylenes is 1. The molecule has 0 aliphatic carbocycles. The zero-order valence-electron chi connectivity index (χ0n) is 8.51. The van der Waals surface area contributed by atoms with Gasteiger partial charge in [0.2, 0.25) is 0 Å². The van der Waals surface area contributed by atoms with Crippen LogP contribution in [0.2, 0.25) is 0 Å². The molecule has 2 nitrogen and oxygen atoms in total. The first-order chi connectivity index (χ1) is 5.70. The Morgan fingerprint density at radius 2 is 1.92 bits per heavy atom. The summed E-state index contributed by atoms with van der Waals surface area (Å²) in [5, 5.41) is 0. The summed E-state index contributed by atoms with van der Waals surface area (Å²) in [4.78, 5) is 4.48. The summed E-state index contributed by atoms with van der Waals surface area (Å²) in [5.41, 5.74) is 0. The van der Waals surface area contributed by atoms with Gasteiger partial charge in [-0.25, -0.2) is 0 Å². The van der Waals surface area contributed by atoms with Crippen LogP contribution >= 0.6 is 0 Å². The lowest BCUT2D eigenvalue weighted by Crippen LogP contribution is -2.27. The van der Waals surface area contributed by atoms with E-state index >= 15 is 0 Å². The van der Waals surface area contributed by atoms with Crippen LogP contribution in [-0.4, -0.2) is 50.1 Å². The third-order valence-electron chi connectivity index (χ3n) is 1.84. The molecule has 0 aromatic carbocycles. The maximum absolute atomic E-state index is 5.23. The van der Waals surface area contributed by atoms with Gasteiger partial charge in [-0.2, -0.15) is 0 Å². The van der Waals surface area contributed by atoms with E-state index in [1.54, 1.807) is 0 Å². The predicted molar refractivity (Wildman–Crippen MR) is 54.1 cm³/mol. The second-order valence-corrected chi connectivity index (χ2v) is 3.23. The van der Waals surface area contributed by atoms with Crippen molar-refractivity contribution in [3.8, 4) is 12.3 Å². The Bertz CT molecular complexity index is 135. The number of rotatable bonds is 6. The van der Waals surface area contributed by atoms with Crippen molar-refractivity contribution < 1.29 is 0 Å². The summed E-state index contributed by atoms with van der Waals surface area (Å²) in [5.74, 6) is 2.67. The van der Waals surface area contributed by atoms with Crippen molar-refractivity contribution in [2.45, 2.75) is 13.3 Å². The average Bonchev–Trinajstić information content (AvgIpc) is 2.02. The summed E-state index contributed by atoms with van der Waals surface area (Å²) < 4.78 is 0. The van der Waals surface area contributed by atoms with Crippen molar-refractivity contribution in [3.63, 3.8) is 0 Å². The Morgan fingerprint density at radius 3 is 2.33 bits per heavy atom. The van der Waals surface area contributed by atoms with Crippen molar-refractivity contribution in [1.29, 1.82) is 0 Å². The minimum absolute atomic E-state index is 0.782. The average molecular weight is 168 g/mol. The fourth-order valence-electron chi connectivity index (χ4n) is 1.09. The van der Waals surface area contributed by atoms with Gasteiger partial charge >= 0.3 is 0 Å². The molecule has 70 valence electrons. The van der Waals surface area contributed by atoms with E-state index in [-0.39, 0.29) is 0 Å². The van der Waals surface area contributed by atoms with Crippen LogP contribution in [-0.2, 0) is 0 Å². The summed E-state index contributed by atoms with van der Waals surface area (Å²) in [6.07, 6.45) is 6.43. The third kappa shape index (κ3) is 6.21. The van der Waals surface area contributed by atoms with Crippen LogP contribution in [0.1, 0.15) is 13.3 Å². The fourth-order valence-corrected chi connectivity index (χ4v) is 1.09. The molecule has 0 unspecified atom stereocenters. The zero-order valence-corrected chi connectivity index (χ0v) is 8.51. The monoisotopic (exact) mass is 168 g/mol. The van der Waals surface area contributed by atoms with E-state index in [1.165, 1.54) is 6.42 Å². The number of nitrogens with zero attached hydrogens (tertiary/aromatic N) is 2. The van der Waals surface area contributed by atoms with Gasteiger partial charge in [0, 0.05) is 6.54 Å². The summed E-state index contributed by atoms with van der Waals surface area (Å²) in [6, 6.07) is 0. The van der Waals surface area contributed by atoms with Gasteiger partial charge in [0.05, 0.1) is 6.54 Å². The van der Waals surface area contributed by atoms with Crippen molar-refractivity contribution in [1.82, 2.24) is 9.80 Å². The second kappa shape index (κ2) is 7.15. The molecule has 0 aromatic heterocycles. The van der Waals surface area contributed by atoms with Crippen LogP contribution in [0.15, 0.2) is 0 Å². The molecule has 0 atom stereocenters. The Labute approximate surface area is 76.5 Å². The van der Waals surface area contributed by atoms with Crippen LogP contribution < -0.4 is 0 Å². The largest absolute Gasteiger partial charge is 0.309 e. The topological polar surface area (TPSA) is 6.48 Å². The lowest BCUT2D eigenvalue weighted by molar-refractivity contribution is 0.293. The molecular formula is C10H20N2. The van der Waals surface area contributed by atoms with Gasteiger partial charge in [0.1, 0.15) is 0 Å². The molecule has 0 aliphatic rings. The van der Waals surface area contributed by atoms with Crippen LogP contribution in [0, 0.1) is 12.3 Å². The Kier molecular flexibility index (Phi) is 6.84. The van der Waals surface area contributed by atoms with E-state index in [0.29, 0.717) is 0 Å². The van der Waals surface area contributed by atoms with Crippen molar-refractivity contribution >= 4 is 0 Å². The van der Waals surface area contributed by atoms with E-state index in [9.17, 15) is 0 Å². The lowest BCUT2D eigenvalue weighted by Gasteiger charge is -2.18. The highest BCUT2D eigenvalue weighted by molar-refractivity contribution is 4.87. The SMILES string of the molecule is C#CCN(CC)CCCN(C)C. The molecule has 12 heavy (non-hydrogen) atoms. The summed E-state index contributed by atoms with van der Waals surface area (Å²) in [6.45, 7) is 6.23. The molecule has 0 rings (SSSR count). The van der Waals surface area contributed by atoms with Gasteiger partial charge in [-0.05, 0) is 33.6 Å². The molecule has 0 bridgehead atoms. The molecule has 0 saturated carbocycles. The highest BCUT2D eigenvalue weighted by Crippen LogP contribution is 1.91. The van der Waals surface area contributed by atoms with Crippen molar-refractivity contribution in [3.05, 3.63) is 0 Å². The van der Waals surface area contributed by atoms with Gasteiger partial charge in [-0.3, -0.25) is 4.90 Å². The van der Waals surface area contributed by atoms with E-state index in [0.717, 1.165) is 26.2 Å². The molecule has 0 amide bonds. The maximum Gasteiger partial charge on any atom is 0.0598 e. The standard InChI is InChI=1S/C10H20N2/c1-5-8-12(6-2)10-7-9-11(3)4/h1H,6-10H2,2-4H3. The first kappa shape index (κ1) is 11.5. The highest BCUT2D eigenvalue weighted by Gasteiger charge is 1.99. The molecule has 2 heteroatoms. The Hall–Kier alpha value is -0.520. The van der Waals surface area contributed by atoms with Gasteiger partial charge < -0.3 is 4.90 Å². The fraction of sp³-hybridized carbons (Fsp3) is 0.800. The van der Waals surface area contributed by atoms with Crippen LogP contribution in [0.5, 0.6) is 0 Å². The quantitative estimate of drug-likeness (QED) is 0.544. The molecule has 0 aromatic rings. The van der Waals surface area contributed by atoms with E-state index < -0.39 is 0 Å². The Balaban J connectivity index is 3.39. The minimum atomic E-state index is 0.782. The Morgan fingerprint density at radius 1 is 1.25 bits per heavy atom. The van der Waals surface area contributed by atoms with Crippen molar-refractivity contribution in [2.75, 3.05) is 40.3 Å². The zero-order chi connectivity index (χ0) is 9.40. The van der Waals surface area contributed by atoms with Gasteiger partial charge in [0.25, 0.3) is 0 Å². The van der Waals surface area contributed by atoms with Crippen molar-refractivity contribution in [2.24, 2.45) is 0 Å². The first-order valence-corrected chi connectivity index (χ1v) is 4.51. The number of hydrogen-bond acceptors (Lipinski definition) is 2. The van der Waals surface area contributed by atoms with Gasteiger partial charge in [-0.15, -0.1) is 6.42 Å². The summed E-state index contributed by atoms with van der Waals surface area (Å²) >= 11 is 0. The van der Waals surface area contributed by atoms with Crippen LogP contribution in [0.25, 0.3) is 0 Å². The van der Waals surface area contributed by atoms with Crippen LogP contribution in [0.4, 0.5) is 0 Å². The normalized spacial score (nSPS) is 10.7. The highest BCUT2D eigenvalue weighted by atomic mass is 15.1. The third-order valence-corrected chi connectivity index (χ3v) is 1.84. The molecule has 0 saturated heterocycles. The number of hydrogen-bond donors (Lipinski definition) is 0. The molecule has 0 heterocycles. The van der Waals surface area contributed by atoms with E-state index in [1.807, 2.05) is 0 Å². The maximum atomic E-state index is 5.23. The van der Waals surface area contributed by atoms with Crippen LogP contribution in [0.3, 0.4) is 0 Å². The lowest BCUT2D eigenvalue weighted by atomic mass is 10.3. The molecule has 0 spiro atoms. The smallest absolute Gasteiger partial charge is 0.0598 e. The molecule has 0 N–H and O–H groups in total. The minimum Gasteiger partial charge on any atom is -0.309 e. The first-order valence-electron chi connectivity index (χ1n) is 4.51. The van der Waals surface area contributed by atoms with Gasteiger partial charge in [0.15, 0.2) is 0 Å². The van der Waals surface area contributed by atoms with Gasteiger partial charge in [-0.1, -0.05) is 12.8 Å². The molecule has 0 aliphatic heterocycles.